The van der Waals surface area contributed by atoms with Crippen LogP contribution in [0.25, 0.3) is 5.70 Å². The topological polar surface area (TPSA) is 86.9 Å². The SMILES string of the molecule is CSc1nc2c(c(=O)[nH]1)C1(CNc3ccccc31)C1=C(N2)c2ccccc2C1=O. The highest BCUT2D eigenvalue weighted by molar-refractivity contribution is 7.98. The van der Waals surface area contributed by atoms with Gasteiger partial charge in [-0.2, -0.15) is 0 Å². The van der Waals surface area contributed by atoms with Crippen molar-refractivity contribution in [1.82, 2.24) is 9.97 Å². The molecule has 3 N–H and O–H groups in total. The summed E-state index contributed by atoms with van der Waals surface area (Å²) in [6.45, 7) is 0.433. The molecule has 0 bridgehead atoms. The van der Waals surface area contributed by atoms with Gasteiger partial charge in [-0.05, 0) is 17.9 Å². The summed E-state index contributed by atoms with van der Waals surface area (Å²) in [5.41, 5.74) is 4.13. The van der Waals surface area contributed by atoms with Crippen molar-refractivity contribution in [3.8, 4) is 0 Å². The molecule has 29 heavy (non-hydrogen) atoms. The maximum absolute atomic E-state index is 13.6. The van der Waals surface area contributed by atoms with E-state index < -0.39 is 5.41 Å². The highest BCUT2D eigenvalue weighted by Crippen LogP contribution is 2.55. The average molecular weight is 400 g/mol. The normalized spacial score (nSPS) is 20.7. The first-order valence-corrected chi connectivity index (χ1v) is 10.6. The fourth-order valence-electron chi connectivity index (χ4n) is 4.88. The number of hydrogen-bond donors (Lipinski definition) is 3. The average Bonchev–Trinajstić information content (AvgIpc) is 3.25. The molecule has 0 radical (unpaired) electrons. The number of rotatable bonds is 1. The van der Waals surface area contributed by atoms with Gasteiger partial charge in [-0.3, -0.25) is 9.59 Å². The Morgan fingerprint density at radius 2 is 1.79 bits per heavy atom. The molecule has 0 fully saturated rings. The van der Waals surface area contributed by atoms with E-state index in [9.17, 15) is 9.59 Å². The lowest BCUT2D eigenvalue weighted by Gasteiger charge is -2.36. The molecular formula is C22H16N4O2S. The molecular weight excluding hydrogens is 384 g/mol. The van der Waals surface area contributed by atoms with Crippen molar-refractivity contribution in [1.29, 1.82) is 0 Å². The molecule has 3 aliphatic rings. The Kier molecular flexibility index (Phi) is 3.21. The highest BCUT2D eigenvalue weighted by atomic mass is 32.2. The number of H-pyrrole nitrogens is 1. The maximum atomic E-state index is 13.6. The number of Topliss-reactive ketones (excluding diaryl/α,β-unsaturated/α-hetero) is 1. The van der Waals surface area contributed by atoms with Crippen LogP contribution in [0.3, 0.4) is 0 Å². The number of fused-ring (bicyclic) bond motifs is 7. The van der Waals surface area contributed by atoms with Crippen molar-refractivity contribution in [3.63, 3.8) is 0 Å². The summed E-state index contributed by atoms with van der Waals surface area (Å²) in [6.07, 6.45) is 1.87. The lowest BCUT2D eigenvalue weighted by molar-refractivity contribution is 0.102. The molecule has 1 unspecified atom stereocenters. The summed E-state index contributed by atoms with van der Waals surface area (Å²) in [7, 11) is 0. The number of anilines is 2. The van der Waals surface area contributed by atoms with Gasteiger partial charge < -0.3 is 15.6 Å². The van der Waals surface area contributed by atoms with Crippen molar-refractivity contribution in [2.75, 3.05) is 23.4 Å². The van der Waals surface area contributed by atoms with Crippen LogP contribution in [-0.4, -0.2) is 28.6 Å². The highest BCUT2D eigenvalue weighted by Gasteiger charge is 2.55. The van der Waals surface area contributed by atoms with Crippen molar-refractivity contribution in [2.45, 2.75) is 10.6 Å². The minimum atomic E-state index is -0.889. The second-order valence-corrected chi connectivity index (χ2v) is 8.15. The number of benzene rings is 2. The van der Waals surface area contributed by atoms with Gasteiger partial charge in [-0.1, -0.05) is 54.2 Å². The Morgan fingerprint density at radius 3 is 2.62 bits per heavy atom. The van der Waals surface area contributed by atoms with Crippen LogP contribution in [0.5, 0.6) is 0 Å². The molecule has 1 aliphatic carbocycles. The molecule has 0 amide bonds. The number of carbonyl (C=O) groups excluding carboxylic acids is 1. The van der Waals surface area contributed by atoms with Gasteiger partial charge in [0.2, 0.25) is 0 Å². The van der Waals surface area contributed by atoms with E-state index in [1.54, 1.807) is 0 Å². The quantitative estimate of drug-likeness (QED) is 0.429. The number of aromatic amines is 1. The molecule has 7 heteroatoms. The van der Waals surface area contributed by atoms with Crippen LogP contribution in [0.1, 0.15) is 27.0 Å². The van der Waals surface area contributed by atoms with Gasteiger partial charge >= 0.3 is 0 Å². The smallest absolute Gasteiger partial charge is 0.258 e. The standard InChI is InChI=1S/C22H16N4O2S/c1-29-21-25-19-16(20(28)26-21)22(10-23-14-9-5-4-8-13(14)22)15-17(24-19)11-6-2-3-7-12(11)18(15)27/h2-9,23H,10H2,1H3,(H2,24,25,26,28). The maximum Gasteiger partial charge on any atom is 0.258 e. The van der Waals surface area contributed by atoms with E-state index in [1.807, 2.05) is 54.8 Å². The largest absolute Gasteiger partial charge is 0.383 e. The van der Waals surface area contributed by atoms with E-state index in [4.69, 9.17) is 0 Å². The number of nitrogens with zero attached hydrogens (tertiary/aromatic N) is 1. The van der Waals surface area contributed by atoms with E-state index in [0.29, 0.717) is 34.2 Å². The summed E-state index contributed by atoms with van der Waals surface area (Å²) in [5, 5.41) is 7.29. The molecule has 6 rings (SSSR count). The lowest BCUT2D eigenvalue weighted by Crippen LogP contribution is -2.44. The summed E-state index contributed by atoms with van der Waals surface area (Å²) in [6, 6.07) is 15.4. The zero-order chi connectivity index (χ0) is 19.8. The lowest BCUT2D eigenvalue weighted by atomic mass is 9.68. The molecule has 0 saturated heterocycles. The number of aromatic nitrogens is 2. The van der Waals surface area contributed by atoms with Crippen molar-refractivity contribution in [2.24, 2.45) is 0 Å². The Labute approximate surface area is 170 Å². The number of para-hydroxylation sites is 1. The molecule has 3 aromatic rings. The van der Waals surface area contributed by atoms with Gasteiger partial charge in [0, 0.05) is 28.9 Å². The van der Waals surface area contributed by atoms with Crippen LogP contribution in [0.4, 0.5) is 11.5 Å². The first kappa shape index (κ1) is 16.6. The molecule has 0 saturated carbocycles. The Morgan fingerprint density at radius 1 is 1.03 bits per heavy atom. The molecule has 3 heterocycles. The molecule has 6 nitrogen and oxygen atoms in total. The van der Waals surface area contributed by atoms with Crippen LogP contribution < -0.4 is 16.2 Å². The number of ketones is 1. The Balaban J connectivity index is 1.75. The minimum absolute atomic E-state index is 0.0411. The van der Waals surface area contributed by atoms with E-state index in [1.165, 1.54) is 11.8 Å². The van der Waals surface area contributed by atoms with Gasteiger partial charge in [0.1, 0.15) is 5.82 Å². The number of carbonyl (C=O) groups is 1. The van der Waals surface area contributed by atoms with Gasteiger partial charge in [0.15, 0.2) is 10.9 Å². The monoisotopic (exact) mass is 400 g/mol. The zero-order valence-corrected chi connectivity index (χ0v) is 16.3. The fraction of sp³-hybridized carbons (Fsp3) is 0.136. The predicted molar refractivity (Wildman–Crippen MR) is 114 cm³/mol. The van der Waals surface area contributed by atoms with Crippen LogP contribution in [-0.2, 0) is 5.41 Å². The number of thioether (sulfide) groups is 1. The third kappa shape index (κ3) is 1.95. The molecule has 1 spiro atoms. The fourth-order valence-corrected chi connectivity index (χ4v) is 5.25. The van der Waals surface area contributed by atoms with Gasteiger partial charge in [0.25, 0.3) is 5.56 Å². The summed E-state index contributed by atoms with van der Waals surface area (Å²) >= 11 is 1.38. The van der Waals surface area contributed by atoms with Gasteiger partial charge in [-0.25, -0.2) is 4.98 Å². The summed E-state index contributed by atoms with van der Waals surface area (Å²) in [5.74, 6) is 0.473. The van der Waals surface area contributed by atoms with E-state index in [2.05, 4.69) is 20.6 Å². The first-order valence-electron chi connectivity index (χ1n) is 9.33. The second kappa shape index (κ2) is 5.61. The van der Waals surface area contributed by atoms with Crippen LogP contribution in [0.15, 0.2) is 64.1 Å². The second-order valence-electron chi connectivity index (χ2n) is 7.35. The van der Waals surface area contributed by atoms with Crippen LogP contribution in [0.2, 0.25) is 0 Å². The summed E-state index contributed by atoms with van der Waals surface area (Å²) < 4.78 is 0. The van der Waals surface area contributed by atoms with Gasteiger partial charge in [-0.15, -0.1) is 0 Å². The van der Waals surface area contributed by atoms with E-state index in [0.717, 1.165) is 22.5 Å². The minimum Gasteiger partial charge on any atom is -0.383 e. The predicted octanol–water partition coefficient (Wildman–Crippen LogP) is 3.24. The van der Waals surface area contributed by atoms with Crippen molar-refractivity contribution >= 4 is 34.7 Å². The zero-order valence-electron chi connectivity index (χ0n) is 15.5. The number of nitrogens with one attached hydrogen (secondary N) is 3. The van der Waals surface area contributed by atoms with Crippen LogP contribution >= 0.6 is 11.8 Å². The Hall–Kier alpha value is -3.32. The number of hydrogen-bond acceptors (Lipinski definition) is 6. The molecule has 1 atom stereocenters. The molecule has 2 aromatic carbocycles. The van der Waals surface area contributed by atoms with Crippen molar-refractivity contribution in [3.05, 3.63) is 86.7 Å². The first-order chi connectivity index (χ1) is 14.1. The Bertz CT molecular complexity index is 1330. The van der Waals surface area contributed by atoms with Crippen molar-refractivity contribution < 1.29 is 4.79 Å². The third-order valence-corrected chi connectivity index (χ3v) is 6.62. The van der Waals surface area contributed by atoms with E-state index >= 15 is 0 Å². The molecule has 1 aromatic heterocycles. The molecule has 142 valence electrons. The summed E-state index contributed by atoms with van der Waals surface area (Å²) in [4.78, 5) is 34.4. The molecule has 2 aliphatic heterocycles. The van der Waals surface area contributed by atoms with Gasteiger partial charge in [0.05, 0.1) is 16.7 Å². The van der Waals surface area contributed by atoms with E-state index in [-0.39, 0.29) is 11.3 Å². The third-order valence-electron chi connectivity index (χ3n) is 6.04. The van der Waals surface area contributed by atoms with Crippen LogP contribution in [0, 0.1) is 0 Å².